The summed E-state index contributed by atoms with van der Waals surface area (Å²) in [6, 6.07) is 7.68. The third kappa shape index (κ3) is 2.39. The molecule has 1 aliphatic rings. The maximum atomic E-state index is 5.93. The summed E-state index contributed by atoms with van der Waals surface area (Å²) in [7, 11) is -0.347. The maximum absolute atomic E-state index is 5.93. The Balaban J connectivity index is 2.25. The molecule has 0 radical (unpaired) electrons. The Morgan fingerprint density at radius 2 is 2.06 bits per heavy atom. The SMILES string of the molecule is CC1CC(C)(C)OB(c2ccccc2N)O1. The summed E-state index contributed by atoms with van der Waals surface area (Å²) < 4.78 is 11.7. The molecule has 1 heterocycles. The zero-order chi connectivity index (χ0) is 11.8. The number of rotatable bonds is 1. The molecule has 1 atom stereocenters. The van der Waals surface area contributed by atoms with Gasteiger partial charge in [-0.25, -0.2) is 0 Å². The van der Waals surface area contributed by atoms with Crippen LogP contribution in [0, 0.1) is 0 Å². The molecule has 1 saturated heterocycles. The standard InChI is InChI=1S/C12H18BNO2/c1-9-8-12(2,3)16-13(15-9)10-6-4-5-7-11(10)14/h4-7,9H,8,14H2,1-3H3. The topological polar surface area (TPSA) is 44.5 Å². The number of benzene rings is 1. The van der Waals surface area contributed by atoms with Crippen molar-refractivity contribution >= 4 is 18.3 Å². The van der Waals surface area contributed by atoms with Crippen molar-refractivity contribution < 1.29 is 9.31 Å². The lowest BCUT2D eigenvalue weighted by molar-refractivity contribution is -0.0229. The van der Waals surface area contributed by atoms with Crippen LogP contribution in [0.2, 0.25) is 0 Å². The van der Waals surface area contributed by atoms with Crippen LogP contribution < -0.4 is 11.2 Å². The molecule has 16 heavy (non-hydrogen) atoms. The van der Waals surface area contributed by atoms with Crippen LogP contribution in [0.4, 0.5) is 5.69 Å². The molecule has 2 rings (SSSR count). The van der Waals surface area contributed by atoms with Gasteiger partial charge in [-0.2, -0.15) is 0 Å². The van der Waals surface area contributed by atoms with Gasteiger partial charge >= 0.3 is 7.12 Å². The van der Waals surface area contributed by atoms with Crippen molar-refractivity contribution in [2.24, 2.45) is 0 Å². The molecule has 1 aromatic carbocycles. The second-order valence-corrected chi connectivity index (χ2v) is 4.99. The molecule has 0 spiro atoms. The molecule has 0 aliphatic carbocycles. The van der Waals surface area contributed by atoms with E-state index in [1.54, 1.807) is 0 Å². The Labute approximate surface area is 97.1 Å². The summed E-state index contributed by atoms with van der Waals surface area (Å²) in [6.45, 7) is 6.23. The van der Waals surface area contributed by atoms with E-state index < -0.39 is 0 Å². The molecule has 4 heteroatoms. The van der Waals surface area contributed by atoms with E-state index in [1.807, 2.05) is 24.3 Å². The van der Waals surface area contributed by atoms with Crippen LogP contribution in [0.3, 0.4) is 0 Å². The Kier molecular flexibility index (Phi) is 2.95. The number of hydrogen-bond acceptors (Lipinski definition) is 3. The van der Waals surface area contributed by atoms with Crippen LogP contribution in [-0.2, 0) is 9.31 Å². The van der Waals surface area contributed by atoms with Crippen LogP contribution >= 0.6 is 0 Å². The Morgan fingerprint density at radius 3 is 2.69 bits per heavy atom. The summed E-state index contributed by atoms with van der Waals surface area (Å²) in [4.78, 5) is 0. The van der Waals surface area contributed by atoms with Crippen LogP contribution in [0.5, 0.6) is 0 Å². The monoisotopic (exact) mass is 219 g/mol. The van der Waals surface area contributed by atoms with E-state index in [9.17, 15) is 0 Å². The normalized spacial score (nSPS) is 24.4. The first kappa shape index (κ1) is 11.5. The number of nitrogen functional groups attached to an aromatic ring is 1. The number of anilines is 1. The molecule has 1 unspecified atom stereocenters. The first-order valence-electron chi connectivity index (χ1n) is 5.66. The van der Waals surface area contributed by atoms with Gasteiger partial charge in [0.15, 0.2) is 0 Å². The average molecular weight is 219 g/mol. The second kappa shape index (κ2) is 4.11. The first-order valence-corrected chi connectivity index (χ1v) is 5.66. The third-order valence-corrected chi connectivity index (χ3v) is 2.81. The van der Waals surface area contributed by atoms with Gasteiger partial charge in [0.1, 0.15) is 0 Å². The maximum Gasteiger partial charge on any atom is 0.496 e. The van der Waals surface area contributed by atoms with Gasteiger partial charge in [0.05, 0.1) is 5.60 Å². The van der Waals surface area contributed by atoms with Gasteiger partial charge in [-0.05, 0) is 33.3 Å². The molecule has 1 aromatic rings. The highest BCUT2D eigenvalue weighted by molar-refractivity contribution is 6.63. The van der Waals surface area contributed by atoms with Crippen LogP contribution in [0.25, 0.3) is 0 Å². The van der Waals surface area contributed by atoms with E-state index >= 15 is 0 Å². The minimum atomic E-state index is -0.347. The molecule has 1 aliphatic heterocycles. The zero-order valence-corrected chi connectivity index (χ0v) is 10.1. The molecule has 0 bridgehead atoms. The fourth-order valence-corrected chi connectivity index (χ4v) is 2.18. The first-order chi connectivity index (χ1) is 7.48. The third-order valence-electron chi connectivity index (χ3n) is 2.81. The van der Waals surface area contributed by atoms with E-state index in [4.69, 9.17) is 15.0 Å². The van der Waals surface area contributed by atoms with Gasteiger partial charge in [-0.3, -0.25) is 0 Å². The lowest BCUT2D eigenvalue weighted by Gasteiger charge is -2.38. The van der Waals surface area contributed by atoms with Crippen LogP contribution in [0.15, 0.2) is 24.3 Å². The molecule has 3 nitrogen and oxygen atoms in total. The Bertz CT molecular complexity index is 381. The lowest BCUT2D eigenvalue weighted by atomic mass is 9.74. The second-order valence-electron chi connectivity index (χ2n) is 4.99. The zero-order valence-electron chi connectivity index (χ0n) is 10.1. The minimum absolute atomic E-state index is 0.162. The highest BCUT2D eigenvalue weighted by Crippen LogP contribution is 2.26. The van der Waals surface area contributed by atoms with E-state index in [-0.39, 0.29) is 18.8 Å². The Hall–Kier alpha value is -0.995. The van der Waals surface area contributed by atoms with E-state index in [1.165, 1.54) is 0 Å². The minimum Gasteiger partial charge on any atom is -0.405 e. The van der Waals surface area contributed by atoms with E-state index in [2.05, 4.69) is 20.8 Å². The van der Waals surface area contributed by atoms with Gasteiger partial charge in [-0.15, -0.1) is 0 Å². The van der Waals surface area contributed by atoms with Gasteiger partial charge in [-0.1, -0.05) is 18.2 Å². The number of nitrogens with two attached hydrogens (primary N) is 1. The van der Waals surface area contributed by atoms with Crippen molar-refractivity contribution in [2.75, 3.05) is 5.73 Å². The highest BCUT2D eigenvalue weighted by atomic mass is 16.6. The predicted molar refractivity (Wildman–Crippen MR) is 66.6 cm³/mol. The Morgan fingerprint density at radius 1 is 1.38 bits per heavy atom. The fourth-order valence-electron chi connectivity index (χ4n) is 2.18. The van der Waals surface area contributed by atoms with Crippen LogP contribution in [-0.4, -0.2) is 18.8 Å². The molecule has 1 fully saturated rings. The number of hydrogen-bond donors (Lipinski definition) is 1. The molecular weight excluding hydrogens is 201 g/mol. The van der Waals surface area contributed by atoms with E-state index in [0.717, 1.165) is 17.6 Å². The summed E-state index contributed by atoms with van der Waals surface area (Å²) in [5.41, 5.74) is 7.40. The summed E-state index contributed by atoms with van der Waals surface area (Å²) >= 11 is 0. The van der Waals surface area contributed by atoms with Crippen LogP contribution in [0.1, 0.15) is 27.2 Å². The molecular formula is C12H18BNO2. The van der Waals surface area contributed by atoms with Gasteiger partial charge in [0.2, 0.25) is 0 Å². The van der Waals surface area contributed by atoms with Crippen molar-refractivity contribution in [3.63, 3.8) is 0 Å². The molecule has 2 N–H and O–H groups in total. The van der Waals surface area contributed by atoms with E-state index in [0.29, 0.717) is 0 Å². The number of para-hydroxylation sites is 1. The van der Waals surface area contributed by atoms with Gasteiger partial charge in [0, 0.05) is 17.3 Å². The van der Waals surface area contributed by atoms with Crippen molar-refractivity contribution in [1.29, 1.82) is 0 Å². The summed E-state index contributed by atoms with van der Waals surface area (Å²) in [6.07, 6.45) is 1.09. The van der Waals surface area contributed by atoms with Crippen molar-refractivity contribution in [1.82, 2.24) is 0 Å². The highest BCUT2D eigenvalue weighted by Gasteiger charge is 2.38. The molecule has 0 saturated carbocycles. The van der Waals surface area contributed by atoms with Gasteiger partial charge < -0.3 is 15.0 Å². The van der Waals surface area contributed by atoms with Crippen molar-refractivity contribution in [3.05, 3.63) is 24.3 Å². The smallest absolute Gasteiger partial charge is 0.405 e. The lowest BCUT2D eigenvalue weighted by Crippen LogP contribution is -2.52. The molecule has 0 amide bonds. The molecule has 0 aromatic heterocycles. The largest absolute Gasteiger partial charge is 0.496 e. The summed E-state index contributed by atoms with van der Waals surface area (Å²) in [5, 5.41) is 0. The average Bonchev–Trinajstić information content (AvgIpc) is 2.15. The fraction of sp³-hybridized carbons (Fsp3) is 0.500. The van der Waals surface area contributed by atoms with Crippen molar-refractivity contribution in [3.8, 4) is 0 Å². The predicted octanol–water partition coefficient (Wildman–Crippen LogP) is 1.57. The summed E-state index contributed by atoms with van der Waals surface area (Å²) in [5.74, 6) is 0. The molecule has 86 valence electrons. The quantitative estimate of drug-likeness (QED) is 0.575. The van der Waals surface area contributed by atoms with Crippen molar-refractivity contribution in [2.45, 2.75) is 38.9 Å². The van der Waals surface area contributed by atoms with Gasteiger partial charge in [0.25, 0.3) is 0 Å².